The van der Waals surface area contributed by atoms with E-state index in [1.807, 2.05) is 12.1 Å². The highest BCUT2D eigenvalue weighted by Crippen LogP contribution is 2.45. The molecule has 0 atom stereocenters. The minimum atomic E-state index is -0.824. The van der Waals surface area contributed by atoms with Gasteiger partial charge in [-0.2, -0.15) is 0 Å². The first-order chi connectivity index (χ1) is 18.5. The van der Waals surface area contributed by atoms with Gasteiger partial charge in [0.1, 0.15) is 5.82 Å². The van der Waals surface area contributed by atoms with Crippen LogP contribution in [0.15, 0.2) is 78.9 Å². The maximum atomic E-state index is 12.5. The largest absolute Gasteiger partial charge is 0.465 e. The number of fused-ring (bicyclic) bond motifs is 4. The Morgan fingerprint density at radius 3 is 2.13 bits per heavy atom. The summed E-state index contributed by atoms with van der Waals surface area (Å²) in [5.41, 5.74) is 7.03. The number of rotatable bonds is 6. The van der Waals surface area contributed by atoms with Gasteiger partial charge in [0.05, 0.1) is 5.52 Å². The van der Waals surface area contributed by atoms with Gasteiger partial charge in [-0.15, -0.1) is 0 Å². The minimum absolute atomic E-state index is 0.0207. The second-order valence-electron chi connectivity index (χ2n) is 10.8. The summed E-state index contributed by atoms with van der Waals surface area (Å²) in [5.74, 6) is 0.950. The Morgan fingerprint density at radius 1 is 0.895 bits per heavy atom. The summed E-state index contributed by atoms with van der Waals surface area (Å²) in [6, 6.07) is 27.5. The first-order valence-corrected chi connectivity index (χ1v) is 13.5. The number of amides is 1. The van der Waals surface area contributed by atoms with Crippen molar-refractivity contribution in [1.29, 1.82) is 0 Å². The number of anilines is 2. The zero-order chi connectivity index (χ0) is 26.2. The zero-order valence-electron chi connectivity index (χ0n) is 22.0. The lowest BCUT2D eigenvalue weighted by atomic mass is 9.88. The molecule has 3 aromatic carbocycles. The van der Waals surface area contributed by atoms with E-state index in [-0.39, 0.29) is 18.0 Å². The number of nitrogens with one attached hydrogen (secondary N) is 1. The van der Waals surface area contributed by atoms with E-state index in [0.717, 1.165) is 48.1 Å². The number of hydrogen-bond acceptors (Lipinski definition) is 4. The van der Waals surface area contributed by atoms with Crippen molar-refractivity contribution in [2.45, 2.75) is 43.7 Å². The molecule has 0 saturated heterocycles. The van der Waals surface area contributed by atoms with Gasteiger partial charge in [0.2, 0.25) is 0 Å². The van der Waals surface area contributed by atoms with E-state index in [4.69, 9.17) is 4.98 Å². The average Bonchev–Trinajstić information content (AvgIpc) is 3.25. The molecule has 0 unspecified atom stereocenters. The van der Waals surface area contributed by atoms with Crippen LogP contribution in [-0.2, 0) is 0 Å². The van der Waals surface area contributed by atoms with Crippen LogP contribution in [0.25, 0.3) is 22.0 Å². The predicted molar refractivity (Wildman–Crippen MR) is 154 cm³/mol. The molecule has 2 N–H and O–H groups in total. The van der Waals surface area contributed by atoms with Crippen LogP contribution in [-0.4, -0.2) is 53.8 Å². The van der Waals surface area contributed by atoms with Gasteiger partial charge in [0, 0.05) is 55.8 Å². The molecule has 1 aromatic heterocycles. The number of carboxylic acid groups (broad SMARTS) is 1. The summed E-state index contributed by atoms with van der Waals surface area (Å²) in [6.45, 7) is 0.491. The molecule has 4 aromatic rings. The Morgan fingerprint density at radius 2 is 1.50 bits per heavy atom. The summed E-state index contributed by atoms with van der Waals surface area (Å²) < 4.78 is 0. The molecule has 6 nitrogen and oxygen atoms in total. The first kappa shape index (κ1) is 24.3. The molecule has 2 aliphatic rings. The molecule has 1 fully saturated rings. The number of aromatic nitrogens is 1. The maximum absolute atomic E-state index is 12.5. The van der Waals surface area contributed by atoms with Crippen LogP contribution in [0, 0.1) is 0 Å². The fourth-order valence-corrected chi connectivity index (χ4v) is 6.38. The molecule has 0 radical (unpaired) electrons. The lowest BCUT2D eigenvalue weighted by Gasteiger charge is -2.37. The topological polar surface area (TPSA) is 68.7 Å². The summed E-state index contributed by atoms with van der Waals surface area (Å²) >= 11 is 0. The number of nitrogens with zero attached hydrogens (tertiary/aromatic N) is 3. The third-order valence-electron chi connectivity index (χ3n) is 8.25. The normalized spacial score (nSPS) is 18.6. The van der Waals surface area contributed by atoms with E-state index in [9.17, 15) is 9.90 Å². The molecule has 38 heavy (non-hydrogen) atoms. The first-order valence-electron chi connectivity index (χ1n) is 13.5. The Kier molecular flexibility index (Phi) is 6.40. The van der Waals surface area contributed by atoms with Gasteiger partial charge in [-0.1, -0.05) is 66.7 Å². The summed E-state index contributed by atoms with van der Waals surface area (Å²) in [6.07, 6.45) is 2.69. The molecular formula is C32H34N4O2. The fourth-order valence-electron chi connectivity index (χ4n) is 6.38. The van der Waals surface area contributed by atoms with Gasteiger partial charge in [-0.25, -0.2) is 9.78 Å². The quantitative estimate of drug-likeness (QED) is 0.300. The van der Waals surface area contributed by atoms with Crippen molar-refractivity contribution in [2.75, 3.05) is 30.9 Å². The minimum Gasteiger partial charge on any atom is -0.465 e. The van der Waals surface area contributed by atoms with E-state index in [1.165, 1.54) is 22.3 Å². The Hall–Kier alpha value is -4.06. The van der Waals surface area contributed by atoms with Crippen LogP contribution < -0.4 is 10.2 Å². The molecular weight excluding hydrogens is 472 g/mol. The number of hydrogen-bond donors (Lipinski definition) is 2. The molecule has 0 spiro atoms. The molecule has 2 aliphatic carbocycles. The summed E-state index contributed by atoms with van der Waals surface area (Å²) in [7, 11) is 4.11. The van der Waals surface area contributed by atoms with Gasteiger partial charge >= 0.3 is 6.09 Å². The van der Waals surface area contributed by atoms with Crippen molar-refractivity contribution >= 4 is 28.5 Å². The number of para-hydroxylation sites is 1. The smallest absolute Gasteiger partial charge is 0.407 e. The molecule has 1 amide bonds. The van der Waals surface area contributed by atoms with Crippen LogP contribution in [0.2, 0.25) is 0 Å². The molecule has 0 bridgehead atoms. The highest BCUT2D eigenvalue weighted by molar-refractivity contribution is 5.93. The van der Waals surface area contributed by atoms with Crippen molar-refractivity contribution in [3.05, 3.63) is 90.0 Å². The van der Waals surface area contributed by atoms with Gasteiger partial charge in [-0.3, -0.25) is 0 Å². The van der Waals surface area contributed by atoms with Gasteiger partial charge in [0.25, 0.3) is 0 Å². The Labute approximate surface area is 223 Å². The third kappa shape index (κ3) is 4.44. The second kappa shape index (κ2) is 10.0. The number of pyridine rings is 1. The lowest BCUT2D eigenvalue weighted by Crippen LogP contribution is -2.45. The fraction of sp³-hybridized carbons (Fsp3) is 0.312. The maximum Gasteiger partial charge on any atom is 0.407 e. The van der Waals surface area contributed by atoms with E-state index >= 15 is 0 Å². The van der Waals surface area contributed by atoms with Crippen molar-refractivity contribution in [3.8, 4) is 11.1 Å². The van der Waals surface area contributed by atoms with E-state index in [0.29, 0.717) is 6.54 Å². The Bertz CT molecular complexity index is 1430. The Balaban J connectivity index is 1.16. The highest BCUT2D eigenvalue weighted by atomic mass is 16.4. The van der Waals surface area contributed by atoms with E-state index in [2.05, 4.69) is 91.0 Å². The van der Waals surface area contributed by atoms with Crippen molar-refractivity contribution < 1.29 is 9.90 Å². The molecule has 6 rings (SSSR count). The van der Waals surface area contributed by atoms with Crippen LogP contribution in [0.5, 0.6) is 0 Å². The molecule has 1 heterocycles. The van der Waals surface area contributed by atoms with E-state index < -0.39 is 6.09 Å². The predicted octanol–water partition coefficient (Wildman–Crippen LogP) is 6.82. The average molecular weight is 507 g/mol. The SMILES string of the molecule is CN(C)c1cc(N[C@H]2CC[C@@H](N(CC3c4ccccc4-c4ccccc43)C(=O)O)CC2)nc2ccccc12. The monoisotopic (exact) mass is 506 g/mol. The van der Waals surface area contributed by atoms with Crippen LogP contribution >= 0.6 is 0 Å². The van der Waals surface area contributed by atoms with Crippen LogP contribution in [0.1, 0.15) is 42.7 Å². The van der Waals surface area contributed by atoms with Crippen LogP contribution in [0.3, 0.4) is 0 Å². The number of carbonyl (C=O) groups is 1. The van der Waals surface area contributed by atoms with Crippen LogP contribution in [0.4, 0.5) is 16.3 Å². The second-order valence-corrected chi connectivity index (χ2v) is 10.8. The van der Waals surface area contributed by atoms with Gasteiger partial charge in [-0.05, 0) is 54.0 Å². The van der Waals surface area contributed by atoms with Crippen molar-refractivity contribution in [3.63, 3.8) is 0 Å². The third-order valence-corrected chi connectivity index (χ3v) is 8.25. The highest BCUT2D eigenvalue weighted by Gasteiger charge is 2.35. The van der Waals surface area contributed by atoms with Gasteiger partial charge in [0.15, 0.2) is 0 Å². The van der Waals surface area contributed by atoms with Gasteiger partial charge < -0.3 is 20.2 Å². The standard InChI is InChI=1S/C32H34N4O2/c1-35(2)30-19-31(34-29-14-8-7-13-27(29)30)33-21-15-17-22(18-16-21)36(32(37)38)20-28-25-11-5-3-9-23(25)24-10-4-6-12-26(24)28/h3-14,19,21-22,28H,15-18,20H2,1-2H3,(H,33,34)(H,37,38)/t21-,22+. The van der Waals surface area contributed by atoms with Crippen molar-refractivity contribution in [1.82, 2.24) is 9.88 Å². The van der Waals surface area contributed by atoms with E-state index in [1.54, 1.807) is 4.90 Å². The molecule has 194 valence electrons. The molecule has 1 saturated carbocycles. The molecule has 6 heteroatoms. The molecule has 0 aliphatic heterocycles. The lowest BCUT2D eigenvalue weighted by molar-refractivity contribution is 0.108. The summed E-state index contributed by atoms with van der Waals surface area (Å²) in [5, 5.41) is 15.1. The summed E-state index contributed by atoms with van der Waals surface area (Å²) in [4.78, 5) is 21.2. The van der Waals surface area contributed by atoms with Crippen molar-refractivity contribution in [2.24, 2.45) is 0 Å². The number of benzene rings is 3. The zero-order valence-corrected chi connectivity index (χ0v) is 22.0.